The van der Waals surface area contributed by atoms with E-state index in [-0.39, 0.29) is 6.42 Å². The zero-order valence-corrected chi connectivity index (χ0v) is 14.2. The lowest BCUT2D eigenvalue weighted by Gasteiger charge is -2.38. The van der Waals surface area contributed by atoms with Gasteiger partial charge in [-0.1, -0.05) is 0 Å². The number of hydrogen-bond acceptors (Lipinski definition) is 7. The standard InChI is InChI=1S/C17H22O7/c1-10-17(23-12(3)19)15(22-11(2)18)9-16(21-10)24-14-7-5-13(20-4)6-8-14/h5-8,10,15-17H,9H2,1-4H3/t10?,15-,16+,17?/m1/s1. The second-order valence-electron chi connectivity index (χ2n) is 5.52. The molecule has 1 aromatic carbocycles. The Bertz CT molecular complexity index is 569. The minimum atomic E-state index is -0.665. The van der Waals surface area contributed by atoms with Crippen LogP contribution in [0.2, 0.25) is 0 Å². The molecule has 1 aromatic rings. The molecule has 2 rings (SSSR count). The van der Waals surface area contributed by atoms with Crippen LogP contribution in [-0.4, -0.2) is 43.7 Å². The van der Waals surface area contributed by atoms with E-state index in [1.54, 1.807) is 38.3 Å². The van der Waals surface area contributed by atoms with E-state index in [1.165, 1.54) is 13.8 Å². The molecule has 0 N–H and O–H groups in total. The fraction of sp³-hybridized carbons (Fsp3) is 0.529. The van der Waals surface area contributed by atoms with Gasteiger partial charge in [0.15, 0.2) is 6.10 Å². The molecule has 1 aliphatic rings. The maximum atomic E-state index is 11.3. The zero-order chi connectivity index (χ0) is 17.7. The highest BCUT2D eigenvalue weighted by atomic mass is 16.7. The van der Waals surface area contributed by atoms with E-state index < -0.39 is 36.5 Å². The Morgan fingerprint density at radius 2 is 1.62 bits per heavy atom. The van der Waals surface area contributed by atoms with Crippen molar-refractivity contribution < 1.29 is 33.3 Å². The van der Waals surface area contributed by atoms with Gasteiger partial charge in [0, 0.05) is 13.8 Å². The summed E-state index contributed by atoms with van der Waals surface area (Å²) in [6.07, 6.45) is -2.13. The Balaban J connectivity index is 2.06. The number of methoxy groups -OCH3 is 1. The smallest absolute Gasteiger partial charge is 0.303 e. The Hall–Kier alpha value is -2.28. The van der Waals surface area contributed by atoms with Crippen molar-refractivity contribution in [2.24, 2.45) is 0 Å². The van der Waals surface area contributed by atoms with Gasteiger partial charge in [-0.2, -0.15) is 0 Å². The van der Waals surface area contributed by atoms with Gasteiger partial charge in [-0.15, -0.1) is 0 Å². The van der Waals surface area contributed by atoms with Gasteiger partial charge >= 0.3 is 11.9 Å². The van der Waals surface area contributed by atoms with Crippen molar-refractivity contribution in [1.82, 2.24) is 0 Å². The summed E-state index contributed by atoms with van der Waals surface area (Å²) in [4.78, 5) is 22.6. The Labute approximate surface area is 140 Å². The highest BCUT2D eigenvalue weighted by Crippen LogP contribution is 2.28. The molecule has 0 saturated carbocycles. The second-order valence-corrected chi connectivity index (χ2v) is 5.52. The summed E-state index contributed by atoms with van der Waals surface area (Å²) in [5, 5.41) is 0. The van der Waals surface area contributed by atoms with Crippen LogP contribution in [-0.2, 0) is 23.8 Å². The first-order chi connectivity index (χ1) is 11.4. The summed E-state index contributed by atoms with van der Waals surface area (Å²) < 4.78 is 27.1. The third-order valence-corrected chi connectivity index (χ3v) is 3.57. The van der Waals surface area contributed by atoms with Gasteiger partial charge in [-0.3, -0.25) is 9.59 Å². The van der Waals surface area contributed by atoms with Gasteiger partial charge < -0.3 is 23.7 Å². The molecular weight excluding hydrogens is 316 g/mol. The maximum absolute atomic E-state index is 11.3. The first kappa shape index (κ1) is 18.1. The second kappa shape index (κ2) is 8.01. The van der Waals surface area contributed by atoms with Gasteiger partial charge in [0.05, 0.1) is 19.6 Å². The number of carbonyl (C=O) groups is 2. The zero-order valence-electron chi connectivity index (χ0n) is 14.2. The molecule has 1 aliphatic heterocycles. The van der Waals surface area contributed by atoms with Crippen molar-refractivity contribution >= 4 is 11.9 Å². The summed E-state index contributed by atoms with van der Waals surface area (Å²) in [6.45, 7) is 4.36. The van der Waals surface area contributed by atoms with Crippen molar-refractivity contribution in [2.75, 3.05) is 7.11 Å². The quantitative estimate of drug-likeness (QED) is 0.760. The molecule has 0 spiro atoms. The van der Waals surface area contributed by atoms with Gasteiger partial charge in [0.25, 0.3) is 0 Å². The lowest BCUT2D eigenvalue weighted by molar-refractivity contribution is -0.233. The third kappa shape index (κ3) is 4.86. The summed E-state index contributed by atoms with van der Waals surface area (Å²) in [5.41, 5.74) is 0. The topological polar surface area (TPSA) is 80.3 Å². The molecule has 1 saturated heterocycles. The van der Waals surface area contributed by atoms with Crippen molar-refractivity contribution in [3.8, 4) is 11.5 Å². The fourth-order valence-electron chi connectivity index (χ4n) is 2.57. The molecule has 1 fully saturated rings. The van der Waals surface area contributed by atoms with E-state index in [0.717, 1.165) is 0 Å². The summed E-state index contributed by atoms with van der Waals surface area (Å²) >= 11 is 0. The van der Waals surface area contributed by atoms with Crippen LogP contribution in [0.1, 0.15) is 27.2 Å². The highest BCUT2D eigenvalue weighted by molar-refractivity contribution is 5.67. The molecule has 0 radical (unpaired) electrons. The number of carbonyl (C=O) groups excluding carboxylic acids is 2. The predicted molar refractivity (Wildman–Crippen MR) is 83.7 cm³/mol. The molecule has 0 bridgehead atoms. The number of ether oxygens (including phenoxy) is 5. The summed E-state index contributed by atoms with van der Waals surface area (Å²) in [5.74, 6) is 0.407. The molecule has 0 amide bonds. The predicted octanol–water partition coefficient (Wildman–Crippen LogP) is 2.07. The average molecular weight is 338 g/mol. The van der Waals surface area contributed by atoms with Crippen molar-refractivity contribution in [2.45, 2.75) is 51.8 Å². The minimum Gasteiger partial charge on any atom is -0.497 e. The largest absolute Gasteiger partial charge is 0.497 e. The fourth-order valence-corrected chi connectivity index (χ4v) is 2.57. The van der Waals surface area contributed by atoms with Gasteiger partial charge in [0.1, 0.15) is 17.6 Å². The van der Waals surface area contributed by atoms with Crippen LogP contribution in [0.3, 0.4) is 0 Å². The minimum absolute atomic E-state index is 0.258. The van der Waals surface area contributed by atoms with E-state index in [2.05, 4.69) is 0 Å². The van der Waals surface area contributed by atoms with Crippen LogP contribution < -0.4 is 9.47 Å². The van der Waals surface area contributed by atoms with E-state index in [0.29, 0.717) is 11.5 Å². The molecule has 0 aliphatic carbocycles. The summed E-state index contributed by atoms with van der Waals surface area (Å²) in [7, 11) is 1.58. The molecule has 4 atom stereocenters. The van der Waals surface area contributed by atoms with Crippen molar-refractivity contribution in [1.29, 1.82) is 0 Å². The van der Waals surface area contributed by atoms with E-state index in [1.807, 2.05) is 0 Å². The van der Waals surface area contributed by atoms with E-state index in [9.17, 15) is 9.59 Å². The lowest BCUT2D eigenvalue weighted by Crippen LogP contribution is -2.52. The van der Waals surface area contributed by atoms with E-state index in [4.69, 9.17) is 23.7 Å². The van der Waals surface area contributed by atoms with Crippen LogP contribution in [0.25, 0.3) is 0 Å². The van der Waals surface area contributed by atoms with Gasteiger partial charge in [-0.25, -0.2) is 0 Å². The first-order valence-electron chi connectivity index (χ1n) is 7.69. The Morgan fingerprint density at radius 3 is 2.17 bits per heavy atom. The normalized spacial score (nSPS) is 26.3. The first-order valence-corrected chi connectivity index (χ1v) is 7.69. The van der Waals surface area contributed by atoms with Crippen molar-refractivity contribution in [3.63, 3.8) is 0 Å². The highest BCUT2D eigenvalue weighted by Gasteiger charge is 2.41. The lowest BCUT2D eigenvalue weighted by atomic mass is 10.0. The SMILES string of the molecule is COc1ccc(O[C@H]2C[C@@H](OC(C)=O)C(OC(C)=O)C(C)O2)cc1. The average Bonchev–Trinajstić information content (AvgIpc) is 2.51. The molecule has 24 heavy (non-hydrogen) atoms. The van der Waals surface area contributed by atoms with Crippen LogP contribution in [0.5, 0.6) is 11.5 Å². The number of esters is 2. The number of benzene rings is 1. The van der Waals surface area contributed by atoms with Crippen molar-refractivity contribution in [3.05, 3.63) is 24.3 Å². The van der Waals surface area contributed by atoms with Crippen LogP contribution in [0.15, 0.2) is 24.3 Å². The molecular formula is C17H22O7. The van der Waals surface area contributed by atoms with Crippen LogP contribution in [0.4, 0.5) is 0 Å². The Morgan fingerprint density at radius 1 is 1.04 bits per heavy atom. The van der Waals surface area contributed by atoms with Gasteiger partial charge in [-0.05, 0) is 31.2 Å². The maximum Gasteiger partial charge on any atom is 0.303 e. The van der Waals surface area contributed by atoms with Crippen LogP contribution >= 0.6 is 0 Å². The summed E-state index contributed by atoms with van der Waals surface area (Å²) in [6, 6.07) is 7.05. The Kier molecular flexibility index (Phi) is 6.03. The molecule has 7 nitrogen and oxygen atoms in total. The number of hydrogen-bond donors (Lipinski definition) is 0. The molecule has 132 valence electrons. The molecule has 7 heteroatoms. The molecule has 2 unspecified atom stereocenters. The van der Waals surface area contributed by atoms with E-state index >= 15 is 0 Å². The monoisotopic (exact) mass is 338 g/mol. The number of rotatable bonds is 5. The molecule has 1 heterocycles. The molecule has 0 aromatic heterocycles. The van der Waals surface area contributed by atoms with Gasteiger partial charge in [0.2, 0.25) is 6.29 Å². The third-order valence-electron chi connectivity index (χ3n) is 3.57. The van der Waals surface area contributed by atoms with Crippen LogP contribution in [0, 0.1) is 0 Å².